The van der Waals surface area contributed by atoms with Crippen molar-refractivity contribution in [3.8, 4) is 0 Å². The molecule has 2 nitrogen and oxygen atoms in total. The fourth-order valence-corrected chi connectivity index (χ4v) is 1.70. The Morgan fingerprint density at radius 2 is 2.67 bits per heavy atom. The number of carboxylic acids is 1. The van der Waals surface area contributed by atoms with Crippen LogP contribution in [-0.4, -0.2) is 22.6 Å². The van der Waals surface area contributed by atoms with E-state index in [1.807, 2.05) is 6.08 Å². The molecule has 0 aliphatic carbocycles. The molecule has 0 radical (unpaired) electrons. The summed E-state index contributed by atoms with van der Waals surface area (Å²) < 4.78 is 0. The fraction of sp³-hybridized carbons (Fsp3) is 0.500. The molecule has 1 aliphatic rings. The first-order valence-electron chi connectivity index (χ1n) is 2.76. The molecular weight excluding hydrogens is 136 g/mol. The van der Waals surface area contributed by atoms with Crippen molar-refractivity contribution >= 4 is 17.7 Å². The Morgan fingerprint density at radius 1 is 1.89 bits per heavy atom. The van der Waals surface area contributed by atoms with Crippen LogP contribution < -0.4 is 0 Å². The zero-order valence-electron chi connectivity index (χ0n) is 4.96. The summed E-state index contributed by atoms with van der Waals surface area (Å²) in [4.78, 5) is 10.1. The Morgan fingerprint density at radius 3 is 3.11 bits per heavy atom. The predicted octanol–water partition coefficient (Wildman–Crippen LogP) is 1.13. The van der Waals surface area contributed by atoms with Crippen LogP contribution in [-0.2, 0) is 4.79 Å². The van der Waals surface area contributed by atoms with Gasteiger partial charge in [0.15, 0.2) is 0 Å². The maximum atomic E-state index is 10.1. The zero-order chi connectivity index (χ0) is 6.69. The zero-order valence-corrected chi connectivity index (χ0v) is 5.78. The van der Waals surface area contributed by atoms with Crippen molar-refractivity contribution in [3.05, 3.63) is 11.6 Å². The van der Waals surface area contributed by atoms with E-state index >= 15 is 0 Å². The van der Waals surface area contributed by atoms with Gasteiger partial charge in [-0.2, -0.15) is 11.8 Å². The number of carboxylic acid groups (broad SMARTS) is 1. The van der Waals surface area contributed by atoms with E-state index in [1.165, 1.54) is 0 Å². The molecule has 1 N–H and O–H groups in total. The van der Waals surface area contributed by atoms with Gasteiger partial charge in [0, 0.05) is 11.5 Å². The summed E-state index contributed by atoms with van der Waals surface area (Å²) >= 11 is 1.77. The molecular formula is C6H8O2S. The molecule has 9 heavy (non-hydrogen) atoms. The van der Waals surface area contributed by atoms with E-state index in [1.54, 1.807) is 11.8 Å². The molecule has 0 fully saturated rings. The van der Waals surface area contributed by atoms with Crippen molar-refractivity contribution in [2.75, 3.05) is 11.5 Å². The van der Waals surface area contributed by atoms with E-state index in [0.29, 0.717) is 0 Å². The van der Waals surface area contributed by atoms with Gasteiger partial charge >= 0.3 is 5.97 Å². The maximum Gasteiger partial charge on any atom is 0.307 e. The van der Waals surface area contributed by atoms with E-state index in [2.05, 4.69) is 0 Å². The highest BCUT2D eigenvalue weighted by atomic mass is 32.2. The van der Waals surface area contributed by atoms with Crippen molar-refractivity contribution in [1.82, 2.24) is 0 Å². The Balaban J connectivity index is 2.35. The summed E-state index contributed by atoms with van der Waals surface area (Å²) in [6.07, 6.45) is 2.23. The van der Waals surface area contributed by atoms with Gasteiger partial charge in [-0.25, -0.2) is 0 Å². The summed E-state index contributed by atoms with van der Waals surface area (Å²) in [5.41, 5.74) is 1.06. The van der Waals surface area contributed by atoms with Gasteiger partial charge in [0.1, 0.15) is 0 Å². The van der Waals surface area contributed by atoms with Crippen molar-refractivity contribution in [2.45, 2.75) is 6.42 Å². The number of hydrogen-bond donors (Lipinski definition) is 1. The molecule has 0 saturated carbocycles. The van der Waals surface area contributed by atoms with Crippen LogP contribution in [0.4, 0.5) is 0 Å². The van der Waals surface area contributed by atoms with Crippen LogP contribution in [0.5, 0.6) is 0 Å². The van der Waals surface area contributed by atoms with Crippen molar-refractivity contribution < 1.29 is 9.90 Å². The lowest BCUT2D eigenvalue weighted by molar-refractivity contribution is -0.136. The molecule has 0 aromatic carbocycles. The molecule has 1 rings (SSSR count). The van der Waals surface area contributed by atoms with E-state index < -0.39 is 5.97 Å². The first-order valence-corrected chi connectivity index (χ1v) is 3.92. The van der Waals surface area contributed by atoms with Crippen LogP contribution >= 0.6 is 11.8 Å². The molecule has 1 aliphatic heterocycles. The lowest BCUT2D eigenvalue weighted by Crippen LogP contribution is -1.96. The van der Waals surface area contributed by atoms with Crippen LogP contribution in [0.25, 0.3) is 0 Å². The third kappa shape index (κ3) is 2.10. The number of thioether (sulfide) groups is 1. The summed E-state index contributed by atoms with van der Waals surface area (Å²) in [5, 5.41) is 8.32. The lowest BCUT2D eigenvalue weighted by Gasteiger charge is -1.91. The van der Waals surface area contributed by atoms with Crippen molar-refractivity contribution in [2.24, 2.45) is 0 Å². The second kappa shape index (κ2) is 2.92. The average molecular weight is 144 g/mol. The largest absolute Gasteiger partial charge is 0.481 e. The number of aliphatic carboxylic acids is 1. The van der Waals surface area contributed by atoms with Gasteiger partial charge in [-0.1, -0.05) is 11.6 Å². The third-order valence-electron chi connectivity index (χ3n) is 1.16. The molecule has 50 valence electrons. The van der Waals surface area contributed by atoms with Gasteiger partial charge in [0.2, 0.25) is 0 Å². The van der Waals surface area contributed by atoms with Crippen LogP contribution in [0, 0.1) is 0 Å². The first-order chi connectivity index (χ1) is 4.29. The Labute approximate surface area is 57.9 Å². The van der Waals surface area contributed by atoms with Gasteiger partial charge < -0.3 is 5.11 Å². The Hall–Kier alpha value is -0.440. The van der Waals surface area contributed by atoms with Crippen LogP contribution in [0.2, 0.25) is 0 Å². The maximum absolute atomic E-state index is 10.1. The molecule has 0 bridgehead atoms. The van der Waals surface area contributed by atoms with Crippen LogP contribution in [0.3, 0.4) is 0 Å². The number of hydrogen-bond acceptors (Lipinski definition) is 2. The number of rotatable bonds is 2. The smallest absolute Gasteiger partial charge is 0.307 e. The minimum Gasteiger partial charge on any atom is -0.481 e. The molecule has 3 heteroatoms. The molecule has 0 spiro atoms. The van der Waals surface area contributed by atoms with E-state index in [9.17, 15) is 4.79 Å². The molecule has 0 aromatic rings. The molecule has 0 atom stereocenters. The van der Waals surface area contributed by atoms with Crippen molar-refractivity contribution in [3.63, 3.8) is 0 Å². The van der Waals surface area contributed by atoms with Gasteiger partial charge in [0.25, 0.3) is 0 Å². The highest BCUT2D eigenvalue weighted by molar-refractivity contribution is 7.99. The first kappa shape index (κ1) is 6.68. The summed E-state index contributed by atoms with van der Waals surface area (Å²) in [6, 6.07) is 0. The molecule has 0 saturated heterocycles. The quantitative estimate of drug-likeness (QED) is 0.590. The van der Waals surface area contributed by atoms with E-state index in [4.69, 9.17) is 5.11 Å². The molecule has 1 heterocycles. The summed E-state index contributed by atoms with van der Waals surface area (Å²) in [5.74, 6) is 1.18. The van der Waals surface area contributed by atoms with Gasteiger partial charge in [-0.05, 0) is 0 Å². The fourth-order valence-electron chi connectivity index (χ4n) is 0.743. The highest BCUT2D eigenvalue weighted by Crippen LogP contribution is 2.18. The van der Waals surface area contributed by atoms with E-state index in [0.717, 1.165) is 17.1 Å². The normalized spacial score (nSPS) is 17.6. The standard InChI is InChI=1S/C6H8O2S/c7-6(8)3-5-1-2-9-4-5/h1H,2-4H2,(H,7,8). The van der Waals surface area contributed by atoms with Crippen LogP contribution in [0.1, 0.15) is 6.42 Å². The van der Waals surface area contributed by atoms with Crippen molar-refractivity contribution in [1.29, 1.82) is 0 Å². The predicted molar refractivity (Wildman–Crippen MR) is 37.7 cm³/mol. The Kier molecular flexibility index (Phi) is 2.16. The average Bonchev–Trinajstić information content (AvgIpc) is 2.15. The topological polar surface area (TPSA) is 37.3 Å². The summed E-state index contributed by atoms with van der Waals surface area (Å²) in [7, 11) is 0. The molecule has 0 aromatic heterocycles. The monoisotopic (exact) mass is 144 g/mol. The third-order valence-corrected chi connectivity index (χ3v) is 2.13. The Bertz CT molecular complexity index is 151. The number of carbonyl (C=O) groups is 1. The summed E-state index contributed by atoms with van der Waals surface area (Å²) in [6.45, 7) is 0. The second-order valence-corrected chi connectivity index (χ2v) is 2.98. The van der Waals surface area contributed by atoms with Gasteiger partial charge in [-0.3, -0.25) is 4.79 Å². The van der Waals surface area contributed by atoms with Gasteiger partial charge in [0.05, 0.1) is 6.42 Å². The van der Waals surface area contributed by atoms with Crippen LogP contribution in [0.15, 0.2) is 11.6 Å². The SMILES string of the molecule is O=C(O)CC1=CCSC1. The lowest BCUT2D eigenvalue weighted by atomic mass is 10.2. The molecule has 0 unspecified atom stereocenters. The molecule has 0 amide bonds. The van der Waals surface area contributed by atoms with E-state index in [-0.39, 0.29) is 6.42 Å². The second-order valence-electron chi connectivity index (χ2n) is 1.95. The highest BCUT2D eigenvalue weighted by Gasteiger charge is 2.07. The van der Waals surface area contributed by atoms with Gasteiger partial charge in [-0.15, -0.1) is 0 Å². The minimum absolute atomic E-state index is 0.229. The minimum atomic E-state index is -0.719.